The van der Waals surface area contributed by atoms with Gasteiger partial charge in [-0.25, -0.2) is 4.79 Å². The average molecular weight is 322 g/mol. The summed E-state index contributed by atoms with van der Waals surface area (Å²) in [6.45, 7) is 1.61. The van der Waals surface area contributed by atoms with Crippen molar-refractivity contribution in [2.75, 3.05) is 25.1 Å². The highest BCUT2D eigenvalue weighted by Crippen LogP contribution is 2.36. The first-order chi connectivity index (χ1) is 11.8. The Morgan fingerprint density at radius 2 is 1.88 bits per heavy atom. The van der Waals surface area contributed by atoms with Gasteiger partial charge in [0.25, 0.3) is 0 Å². The summed E-state index contributed by atoms with van der Waals surface area (Å²) >= 11 is 0. The molecule has 0 aliphatic carbocycles. The van der Waals surface area contributed by atoms with Crippen LogP contribution < -0.4 is 9.64 Å². The largest absolute Gasteiger partial charge is 0.497 e. The van der Waals surface area contributed by atoms with Gasteiger partial charge >= 0.3 is 6.03 Å². The van der Waals surface area contributed by atoms with Gasteiger partial charge in [-0.3, -0.25) is 4.90 Å². The molecule has 0 bridgehead atoms. The Kier molecular flexibility index (Phi) is 3.89. The Hall–Kier alpha value is -2.49. The maximum absolute atomic E-state index is 13.1. The molecule has 0 aromatic heterocycles. The van der Waals surface area contributed by atoms with Crippen molar-refractivity contribution in [2.24, 2.45) is 0 Å². The first-order valence-corrected chi connectivity index (χ1v) is 8.58. The van der Waals surface area contributed by atoms with Crippen LogP contribution in [0.1, 0.15) is 30.0 Å². The van der Waals surface area contributed by atoms with Crippen molar-refractivity contribution in [3.05, 3.63) is 59.7 Å². The lowest BCUT2D eigenvalue weighted by Crippen LogP contribution is -2.42. The van der Waals surface area contributed by atoms with Gasteiger partial charge in [0.2, 0.25) is 0 Å². The van der Waals surface area contributed by atoms with Gasteiger partial charge in [-0.15, -0.1) is 0 Å². The number of likely N-dealkylation sites (tertiary alicyclic amines) is 1. The van der Waals surface area contributed by atoms with Gasteiger partial charge in [-0.05, 0) is 48.6 Å². The van der Waals surface area contributed by atoms with Crippen LogP contribution >= 0.6 is 0 Å². The van der Waals surface area contributed by atoms with Gasteiger partial charge in [-0.1, -0.05) is 30.3 Å². The Labute approximate surface area is 142 Å². The molecule has 4 heteroatoms. The molecular weight excluding hydrogens is 300 g/mol. The molecule has 0 N–H and O–H groups in total. The predicted molar refractivity (Wildman–Crippen MR) is 94.6 cm³/mol. The van der Waals surface area contributed by atoms with Crippen molar-refractivity contribution in [1.29, 1.82) is 0 Å². The number of hydrogen-bond acceptors (Lipinski definition) is 2. The zero-order chi connectivity index (χ0) is 16.5. The number of carbonyl (C=O) groups excluding carboxylic acids is 1. The molecule has 2 aromatic rings. The summed E-state index contributed by atoms with van der Waals surface area (Å²) in [5.74, 6) is 0.850. The Balaban J connectivity index is 1.57. The smallest absolute Gasteiger partial charge is 0.325 e. The molecule has 2 aliphatic heterocycles. The van der Waals surface area contributed by atoms with E-state index in [9.17, 15) is 4.79 Å². The third-order valence-corrected chi connectivity index (χ3v) is 5.12. The lowest BCUT2D eigenvalue weighted by molar-refractivity contribution is 0.200. The van der Waals surface area contributed by atoms with E-state index in [1.165, 1.54) is 11.1 Å². The number of anilines is 1. The minimum absolute atomic E-state index is 0.137. The maximum atomic E-state index is 13.1. The fourth-order valence-corrected chi connectivity index (χ4v) is 3.86. The van der Waals surface area contributed by atoms with E-state index in [-0.39, 0.29) is 12.1 Å². The Bertz CT molecular complexity index is 742. The van der Waals surface area contributed by atoms with Crippen molar-refractivity contribution in [1.82, 2.24) is 4.90 Å². The third-order valence-electron chi connectivity index (χ3n) is 5.12. The zero-order valence-corrected chi connectivity index (χ0v) is 13.9. The predicted octanol–water partition coefficient (Wildman–Crippen LogP) is 4.01. The molecule has 1 fully saturated rings. The lowest BCUT2D eigenvalue weighted by Gasteiger charge is -2.30. The Morgan fingerprint density at radius 1 is 1.08 bits per heavy atom. The highest BCUT2D eigenvalue weighted by atomic mass is 16.5. The Morgan fingerprint density at radius 3 is 2.67 bits per heavy atom. The van der Waals surface area contributed by atoms with E-state index in [1.807, 2.05) is 34.1 Å². The molecule has 2 amide bonds. The highest BCUT2D eigenvalue weighted by molar-refractivity contribution is 5.94. The number of nitrogens with zero attached hydrogens (tertiary/aromatic N) is 2. The van der Waals surface area contributed by atoms with E-state index in [1.54, 1.807) is 7.11 Å². The molecular formula is C20H22N2O2. The minimum Gasteiger partial charge on any atom is -0.497 e. The van der Waals surface area contributed by atoms with Crippen LogP contribution in [-0.2, 0) is 6.42 Å². The van der Waals surface area contributed by atoms with Crippen LogP contribution in [0.4, 0.5) is 10.5 Å². The van der Waals surface area contributed by atoms with Crippen LogP contribution in [0.25, 0.3) is 0 Å². The minimum atomic E-state index is 0.137. The topological polar surface area (TPSA) is 32.8 Å². The molecule has 0 spiro atoms. The zero-order valence-electron chi connectivity index (χ0n) is 13.9. The normalized spacial score (nSPS) is 19.5. The summed E-state index contributed by atoms with van der Waals surface area (Å²) in [5.41, 5.74) is 3.53. The summed E-state index contributed by atoms with van der Waals surface area (Å²) in [7, 11) is 1.67. The number of para-hydroxylation sites is 1. The fourth-order valence-electron chi connectivity index (χ4n) is 3.86. The maximum Gasteiger partial charge on any atom is 0.325 e. The number of urea groups is 1. The van der Waals surface area contributed by atoms with Gasteiger partial charge < -0.3 is 9.64 Å². The van der Waals surface area contributed by atoms with E-state index in [4.69, 9.17) is 4.74 Å². The van der Waals surface area contributed by atoms with Crippen LogP contribution in [0.3, 0.4) is 0 Å². The molecule has 124 valence electrons. The number of fused-ring (bicyclic) bond motifs is 1. The van der Waals surface area contributed by atoms with E-state index in [0.717, 1.165) is 43.8 Å². The fraction of sp³-hybridized carbons (Fsp3) is 0.350. The second-order valence-electron chi connectivity index (χ2n) is 6.44. The number of carbonyl (C=O) groups is 1. The molecule has 4 nitrogen and oxygen atoms in total. The van der Waals surface area contributed by atoms with Crippen molar-refractivity contribution < 1.29 is 9.53 Å². The van der Waals surface area contributed by atoms with Crippen molar-refractivity contribution in [2.45, 2.75) is 25.3 Å². The van der Waals surface area contributed by atoms with Crippen LogP contribution in [0, 0.1) is 0 Å². The summed E-state index contributed by atoms with van der Waals surface area (Å²) in [5, 5.41) is 0. The molecule has 0 radical (unpaired) electrons. The van der Waals surface area contributed by atoms with Crippen LogP contribution in [0.15, 0.2) is 48.5 Å². The van der Waals surface area contributed by atoms with Gasteiger partial charge in [0.15, 0.2) is 0 Å². The quantitative estimate of drug-likeness (QED) is 0.837. The molecule has 1 unspecified atom stereocenters. The lowest BCUT2D eigenvalue weighted by atomic mass is 10.0. The van der Waals surface area contributed by atoms with Crippen molar-refractivity contribution in [3.8, 4) is 5.75 Å². The van der Waals surface area contributed by atoms with Gasteiger partial charge in [0, 0.05) is 18.8 Å². The van der Waals surface area contributed by atoms with E-state index < -0.39 is 0 Å². The number of ether oxygens (including phenoxy) is 1. The summed E-state index contributed by atoms with van der Waals surface area (Å²) in [6, 6.07) is 16.6. The first-order valence-electron chi connectivity index (χ1n) is 8.58. The number of hydrogen-bond donors (Lipinski definition) is 0. The van der Waals surface area contributed by atoms with Gasteiger partial charge in [0.05, 0.1) is 13.2 Å². The average Bonchev–Trinajstić information content (AvgIpc) is 3.28. The second-order valence-corrected chi connectivity index (χ2v) is 6.44. The van der Waals surface area contributed by atoms with Gasteiger partial charge in [0.1, 0.15) is 5.75 Å². The number of benzene rings is 2. The molecule has 1 atom stereocenters. The molecule has 24 heavy (non-hydrogen) atoms. The van der Waals surface area contributed by atoms with Crippen LogP contribution in [0.5, 0.6) is 5.75 Å². The summed E-state index contributed by atoms with van der Waals surface area (Å²) in [6.07, 6.45) is 3.02. The number of amides is 2. The molecule has 2 aliphatic rings. The standard InChI is InChI=1S/C20H22N2O2/c1-24-17-10-8-16(9-11-17)19-7-4-13-21(19)20(23)22-14-12-15-5-2-3-6-18(15)22/h2-3,5-6,8-11,19H,4,7,12-14H2,1H3. The van der Waals surface area contributed by atoms with Gasteiger partial charge in [-0.2, -0.15) is 0 Å². The van der Waals surface area contributed by atoms with E-state index in [2.05, 4.69) is 24.3 Å². The molecule has 2 aromatic carbocycles. The summed E-state index contributed by atoms with van der Waals surface area (Å²) in [4.78, 5) is 17.1. The molecule has 1 saturated heterocycles. The SMILES string of the molecule is COc1ccc(C2CCCN2C(=O)N2CCc3ccccc32)cc1. The van der Waals surface area contributed by atoms with Crippen LogP contribution in [-0.4, -0.2) is 31.1 Å². The second kappa shape index (κ2) is 6.19. The van der Waals surface area contributed by atoms with Crippen LogP contribution in [0.2, 0.25) is 0 Å². The highest BCUT2D eigenvalue weighted by Gasteiger charge is 2.35. The third kappa shape index (κ3) is 2.52. The van der Waals surface area contributed by atoms with Crippen molar-refractivity contribution in [3.63, 3.8) is 0 Å². The molecule has 0 saturated carbocycles. The molecule has 2 heterocycles. The monoisotopic (exact) mass is 322 g/mol. The first kappa shape index (κ1) is 15.1. The number of rotatable bonds is 2. The number of methoxy groups -OCH3 is 1. The van der Waals surface area contributed by atoms with E-state index in [0.29, 0.717) is 0 Å². The summed E-state index contributed by atoms with van der Waals surface area (Å²) < 4.78 is 5.24. The molecule has 4 rings (SSSR count). The van der Waals surface area contributed by atoms with E-state index >= 15 is 0 Å². The van der Waals surface area contributed by atoms with Crippen molar-refractivity contribution >= 4 is 11.7 Å².